The molecule has 0 saturated carbocycles. The number of amidine groups is 1. The molecule has 3 N–H and O–H groups in total. The first-order chi connectivity index (χ1) is 6.56. The first-order valence-corrected chi connectivity index (χ1v) is 5.20. The van der Waals surface area contributed by atoms with Gasteiger partial charge in [-0.2, -0.15) is 0 Å². The van der Waals surface area contributed by atoms with Crippen molar-refractivity contribution in [1.82, 2.24) is 0 Å². The highest BCUT2D eigenvalue weighted by Gasteiger charge is 2.05. The van der Waals surface area contributed by atoms with Crippen molar-refractivity contribution in [1.29, 1.82) is 5.41 Å². The molecule has 0 aliphatic rings. The molecule has 0 aliphatic heterocycles. The molecule has 1 aromatic rings. The van der Waals surface area contributed by atoms with E-state index < -0.39 is 0 Å². The highest BCUT2D eigenvalue weighted by atomic mass is 79.9. The number of nitrogen functional groups attached to an aromatic ring is 1. The van der Waals surface area contributed by atoms with Gasteiger partial charge in [0, 0.05) is 29.3 Å². The lowest BCUT2D eigenvalue weighted by Crippen LogP contribution is -2.17. The summed E-state index contributed by atoms with van der Waals surface area (Å²) in [4.78, 5) is 2.12. The number of hydrogen-bond acceptors (Lipinski definition) is 2. The van der Waals surface area contributed by atoms with E-state index in [1.54, 1.807) is 0 Å². The van der Waals surface area contributed by atoms with E-state index in [0.717, 1.165) is 22.3 Å². The van der Waals surface area contributed by atoms with Gasteiger partial charge in [0.15, 0.2) is 0 Å². The summed E-state index contributed by atoms with van der Waals surface area (Å²) in [5, 5.41) is 7.33. The van der Waals surface area contributed by atoms with E-state index in [1.807, 2.05) is 25.2 Å². The molecule has 0 spiro atoms. The fourth-order valence-electron chi connectivity index (χ4n) is 1.14. The van der Waals surface area contributed by atoms with Crippen molar-refractivity contribution in [2.75, 3.05) is 18.5 Å². The maximum absolute atomic E-state index is 7.33. The number of rotatable bonds is 3. The quantitative estimate of drug-likeness (QED) is 0.643. The summed E-state index contributed by atoms with van der Waals surface area (Å²) in [6.45, 7) is 3.04. The Labute approximate surface area is 92.5 Å². The summed E-state index contributed by atoms with van der Waals surface area (Å²) in [5.41, 5.74) is 7.26. The smallest absolute Gasteiger partial charge is 0.123 e. The third-order valence-electron chi connectivity index (χ3n) is 2.16. The summed E-state index contributed by atoms with van der Waals surface area (Å²) in [7, 11) is 2.02. The predicted octanol–water partition coefficient (Wildman–Crippen LogP) is 2.19. The van der Waals surface area contributed by atoms with E-state index >= 15 is 0 Å². The average Bonchev–Trinajstić information content (AvgIpc) is 2.15. The van der Waals surface area contributed by atoms with Gasteiger partial charge in [0.1, 0.15) is 5.84 Å². The van der Waals surface area contributed by atoms with Crippen molar-refractivity contribution in [3.05, 3.63) is 28.2 Å². The van der Waals surface area contributed by atoms with Gasteiger partial charge in [0.25, 0.3) is 0 Å². The number of anilines is 1. The molecule has 0 saturated heterocycles. The van der Waals surface area contributed by atoms with Crippen LogP contribution in [0.3, 0.4) is 0 Å². The summed E-state index contributed by atoms with van der Waals surface area (Å²) >= 11 is 3.40. The second-order valence-electron chi connectivity index (χ2n) is 3.09. The first kappa shape index (κ1) is 11.0. The van der Waals surface area contributed by atoms with Crippen LogP contribution in [0.25, 0.3) is 0 Å². The molecule has 0 bridgehead atoms. The third-order valence-corrected chi connectivity index (χ3v) is 2.81. The topological polar surface area (TPSA) is 53.1 Å². The number of hydrogen-bond donors (Lipinski definition) is 2. The lowest BCUT2D eigenvalue weighted by molar-refractivity contribution is 0.967. The minimum Gasteiger partial charge on any atom is -0.384 e. The first-order valence-electron chi connectivity index (χ1n) is 4.41. The Morgan fingerprint density at radius 2 is 2.21 bits per heavy atom. The highest BCUT2D eigenvalue weighted by Crippen LogP contribution is 2.23. The molecular weight excluding hydrogens is 242 g/mol. The third kappa shape index (κ3) is 2.26. The molecule has 0 heterocycles. The molecule has 0 aromatic heterocycles. The van der Waals surface area contributed by atoms with Gasteiger partial charge in [-0.25, -0.2) is 0 Å². The molecule has 0 radical (unpaired) electrons. The van der Waals surface area contributed by atoms with Crippen molar-refractivity contribution in [3.8, 4) is 0 Å². The Hall–Kier alpha value is -1.03. The Bertz CT molecular complexity index is 349. The van der Waals surface area contributed by atoms with Crippen LogP contribution in [0.15, 0.2) is 22.7 Å². The molecule has 0 aliphatic carbocycles. The second kappa shape index (κ2) is 4.46. The van der Waals surface area contributed by atoms with Crippen molar-refractivity contribution in [3.63, 3.8) is 0 Å². The van der Waals surface area contributed by atoms with Crippen LogP contribution < -0.4 is 10.6 Å². The van der Waals surface area contributed by atoms with Gasteiger partial charge in [-0.15, -0.1) is 0 Å². The molecule has 76 valence electrons. The molecule has 0 unspecified atom stereocenters. The Balaban J connectivity index is 3.06. The normalized spacial score (nSPS) is 9.93. The van der Waals surface area contributed by atoms with Gasteiger partial charge in [0.2, 0.25) is 0 Å². The van der Waals surface area contributed by atoms with E-state index in [2.05, 4.69) is 27.8 Å². The van der Waals surface area contributed by atoms with Crippen LogP contribution in [0.5, 0.6) is 0 Å². The van der Waals surface area contributed by atoms with E-state index in [9.17, 15) is 0 Å². The van der Waals surface area contributed by atoms with Crippen molar-refractivity contribution >= 4 is 27.5 Å². The zero-order valence-corrected chi connectivity index (χ0v) is 9.93. The van der Waals surface area contributed by atoms with Gasteiger partial charge in [-0.05, 0) is 41.1 Å². The average molecular weight is 256 g/mol. The standard InChI is InChI=1S/C10H14BrN3/c1-3-14(2)7-4-5-8(10(12)13)9(11)6-7/h4-6H,3H2,1-2H3,(H3,12,13). The zero-order valence-electron chi connectivity index (χ0n) is 8.34. The molecule has 4 heteroatoms. The second-order valence-corrected chi connectivity index (χ2v) is 3.95. The van der Waals surface area contributed by atoms with Crippen molar-refractivity contribution < 1.29 is 0 Å². The molecule has 0 fully saturated rings. The molecule has 0 atom stereocenters. The number of halogens is 1. The van der Waals surface area contributed by atoms with Crippen LogP contribution in [0, 0.1) is 5.41 Å². The van der Waals surface area contributed by atoms with Crippen LogP contribution in [0.1, 0.15) is 12.5 Å². The van der Waals surface area contributed by atoms with Crippen LogP contribution >= 0.6 is 15.9 Å². The van der Waals surface area contributed by atoms with Crippen LogP contribution in [0.4, 0.5) is 5.69 Å². The highest BCUT2D eigenvalue weighted by molar-refractivity contribution is 9.10. The van der Waals surface area contributed by atoms with Crippen LogP contribution in [0.2, 0.25) is 0 Å². The monoisotopic (exact) mass is 255 g/mol. The molecule has 1 aromatic carbocycles. The SMILES string of the molecule is CCN(C)c1ccc(C(=N)N)c(Br)c1. The predicted molar refractivity (Wildman–Crippen MR) is 64.1 cm³/mol. The van der Waals surface area contributed by atoms with E-state index in [4.69, 9.17) is 11.1 Å². The maximum Gasteiger partial charge on any atom is 0.123 e. The van der Waals surface area contributed by atoms with Crippen molar-refractivity contribution in [2.24, 2.45) is 5.73 Å². The number of nitrogens with one attached hydrogen (secondary N) is 1. The molecule has 0 amide bonds. The lowest BCUT2D eigenvalue weighted by atomic mass is 10.2. The van der Waals surface area contributed by atoms with E-state index in [-0.39, 0.29) is 5.84 Å². The Morgan fingerprint density at radius 1 is 1.57 bits per heavy atom. The lowest BCUT2D eigenvalue weighted by Gasteiger charge is -2.17. The summed E-state index contributed by atoms with van der Waals surface area (Å²) < 4.78 is 0.864. The summed E-state index contributed by atoms with van der Waals surface area (Å²) in [5.74, 6) is 0.0857. The zero-order chi connectivity index (χ0) is 10.7. The van der Waals surface area contributed by atoms with Crippen LogP contribution in [-0.4, -0.2) is 19.4 Å². The summed E-state index contributed by atoms with van der Waals surface area (Å²) in [6, 6.07) is 5.79. The van der Waals surface area contributed by atoms with Gasteiger partial charge in [-0.1, -0.05) is 0 Å². The van der Waals surface area contributed by atoms with E-state index in [1.165, 1.54) is 0 Å². The molecular formula is C10H14BrN3. The minimum atomic E-state index is 0.0857. The van der Waals surface area contributed by atoms with Crippen LogP contribution in [-0.2, 0) is 0 Å². The number of benzene rings is 1. The number of nitrogens with zero attached hydrogens (tertiary/aromatic N) is 1. The van der Waals surface area contributed by atoms with E-state index in [0.29, 0.717) is 0 Å². The molecule has 3 nitrogen and oxygen atoms in total. The largest absolute Gasteiger partial charge is 0.384 e. The van der Waals surface area contributed by atoms with Gasteiger partial charge < -0.3 is 10.6 Å². The minimum absolute atomic E-state index is 0.0857. The summed E-state index contributed by atoms with van der Waals surface area (Å²) in [6.07, 6.45) is 0. The van der Waals surface area contributed by atoms with Crippen molar-refractivity contribution in [2.45, 2.75) is 6.92 Å². The Morgan fingerprint density at radius 3 is 2.64 bits per heavy atom. The maximum atomic E-state index is 7.33. The van der Waals surface area contributed by atoms with Gasteiger partial charge in [-0.3, -0.25) is 5.41 Å². The fraction of sp³-hybridized carbons (Fsp3) is 0.300. The van der Waals surface area contributed by atoms with Gasteiger partial charge in [0.05, 0.1) is 0 Å². The Kier molecular flexibility index (Phi) is 3.52. The molecule has 1 rings (SSSR count). The molecule has 14 heavy (non-hydrogen) atoms. The van der Waals surface area contributed by atoms with Gasteiger partial charge >= 0.3 is 0 Å². The fourth-order valence-corrected chi connectivity index (χ4v) is 1.72. The number of nitrogens with two attached hydrogens (primary N) is 1.